The summed E-state index contributed by atoms with van der Waals surface area (Å²) in [6.07, 6.45) is 0. The lowest BCUT2D eigenvalue weighted by atomic mass is 10.2. The van der Waals surface area contributed by atoms with Crippen LogP contribution in [0.3, 0.4) is 0 Å². The van der Waals surface area contributed by atoms with Crippen molar-refractivity contribution in [2.45, 2.75) is 6.54 Å². The Morgan fingerprint density at radius 3 is 2.50 bits per heavy atom. The number of fused-ring (bicyclic) bond motifs is 1. The summed E-state index contributed by atoms with van der Waals surface area (Å²) in [6, 6.07) is 17.3. The Balaban J connectivity index is 1.97. The number of rotatable bonds is 3. The Labute approximate surface area is 124 Å². The molecule has 20 heavy (non-hydrogen) atoms. The molecule has 1 N–H and O–H groups in total. The first-order chi connectivity index (χ1) is 9.75. The maximum Gasteiger partial charge on any atom is 0.361 e. The molecule has 0 spiro atoms. The van der Waals surface area contributed by atoms with E-state index in [0.717, 1.165) is 15.4 Å². The van der Waals surface area contributed by atoms with Gasteiger partial charge in [-0.3, -0.25) is 0 Å². The largest absolute Gasteiger partial charge is 0.421 e. The molecule has 3 rings (SSSR count). The van der Waals surface area contributed by atoms with E-state index in [4.69, 9.17) is 4.42 Å². The van der Waals surface area contributed by atoms with E-state index < -0.39 is 0 Å². The topological polar surface area (TPSA) is 42.2 Å². The van der Waals surface area contributed by atoms with Gasteiger partial charge in [0.2, 0.25) is 0 Å². The summed E-state index contributed by atoms with van der Waals surface area (Å²) in [5, 5.41) is 4.01. The predicted molar refractivity (Wildman–Crippen MR) is 84.0 cm³/mol. The van der Waals surface area contributed by atoms with Crippen molar-refractivity contribution in [2.24, 2.45) is 0 Å². The molecule has 0 bridgehead atoms. The van der Waals surface area contributed by atoms with Gasteiger partial charge in [-0.2, -0.15) is 0 Å². The summed E-state index contributed by atoms with van der Waals surface area (Å²) in [6.45, 7) is 0.572. The molecule has 1 aromatic heterocycles. The van der Waals surface area contributed by atoms with Crippen molar-refractivity contribution < 1.29 is 4.42 Å². The molecule has 0 fully saturated rings. The zero-order chi connectivity index (χ0) is 13.9. The molecule has 2 aromatic carbocycles. The number of para-hydroxylation sites is 1. The minimum absolute atomic E-state index is 0.369. The molecule has 0 aliphatic carbocycles. The maximum atomic E-state index is 12.0. The molecular formula is C16H12BrNO2. The molecular weight excluding hydrogens is 318 g/mol. The van der Waals surface area contributed by atoms with Gasteiger partial charge in [0.05, 0.1) is 4.47 Å². The van der Waals surface area contributed by atoms with Crippen LogP contribution >= 0.6 is 15.9 Å². The van der Waals surface area contributed by atoms with Crippen LogP contribution in [0.1, 0.15) is 5.56 Å². The van der Waals surface area contributed by atoms with Crippen LogP contribution in [0, 0.1) is 0 Å². The summed E-state index contributed by atoms with van der Waals surface area (Å²) >= 11 is 3.48. The second-order valence-electron chi connectivity index (χ2n) is 4.41. The third-order valence-corrected chi connectivity index (χ3v) is 3.89. The summed E-state index contributed by atoms with van der Waals surface area (Å²) in [5.41, 5.74) is 1.76. The van der Waals surface area contributed by atoms with Crippen molar-refractivity contribution in [3.63, 3.8) is 0 Å². The fraction of sp³-hybridized carbons (Fsp3) is 0.0625. The van der Waals surface area contributed by atoms with Crippen LogP contribution < -0.4 is 10.9 Å². The molecule has 3 aromatic rings. The average molecular weight is 330 g/mol. The first kappa shape index (κ1) is 12.9. The van der Waals surface area contributed by atoms with Gasteiger partial charge in [-0.05, 0) is 27.6 Å². The average Bonchev–Trinajstić information content (AvgIpc) is 2.48. The van der Waals surface area contributed by atoms with Gasteiger partial charge >= 0.3 is 5.63 Å². The van der Waals surface area contributed by atoms with Crippen molar-refractivity contribution in [3.8, 4) is 0 Å². The zero-order valence-corrected chi connectivity index (χ0v) is 12.2. The molecule has 0 atom stereocenters. The standard InChI is InChI=1S/C16H12BrNO2/c17-14-12-8-4-5-9-13(12)20-16(19)15(14)18-10-11-6-2-1-3-7-11/h1-9,18H,10H2. The third kappa shape index (κ3) is 2.47. The molecule has 0 radical (unpaired) electrons. The lowest BCUT2D eigenvalue weighted by Gasteiger charge is -2.09. The van der Waals surface area contributed by atoms with E-state index in [1.54, 1.807) is 6.07 Å². The molecule has 100 valence electrons. The van der Waals surface area contributed by atoms with Gasteiger partial charge in [0.15, 0.2) is 0 Å². The molecule has 0 amide bonds. The molecule has 0 aliphatic rings. The number of hydrogen-bond acceptors (Lipinski definition) is 3. The number of anilines is 1. The van der Waals surface area contributed by atoms with Gasteiger partial charge in [-0.15, -0.1) is 0 Å². The van der Waals surface area contributed by atoms with Gasteiger partial charge in [0.1, 0.15) is 11.3 Å². The number of hydrogen-bond donors (Lipinski definition) is 1. The summed E-state index contributed by atoms with van der Waals surface area (Å²) in [5.74, 6) is 0. The fourth-order valence-electron chi connectivity index (χ4n) is 2.05. The van der Waals surface area contributed by atoms with Gasteiger partial charge in [-0.25, -0.2) is 4.79 Å². The first-order valence-corrected chi connectivity index (χ1v) is 7.04. The third-order valence-electron chi connectivity index (χ3n) is 3.06. The van der Waals surface area contributed by atoms with Crippen molar-refractivity contribution in [3.05, 3.63) is 75.1 Å². The van der Waals surface area contributed by atoms with Crippen molar-refractivity contribution in [1.29, 1.82) is 0 Å². The van der Waals surface area contributed by atoms with Crippen LogP contribution in [0.25, 0.3) is 11.0 Å². The van der Waals surface area contributed by atoms with Gasteiger partial charge < -0.3 is 9.73 Å². The molecule has 0 saturated heterocycles. The van der Waals surface area contributed by atoms with Crippen LogP contribution in [0.5, 0.6) is 0 Å². The second-order valence-corrected chi connectivity index (χ2v) is 5.21. The summed E-state index contributed by atoms with van der Waals surface area (Å²) < 4.78 is 6.05. The van der Waals surface area contributed by atoms with Crippen molar-refractivity contribution in [2.75, 3.05) is 5.32 Å². The van der Waals surface area contributed by atoms with E-state index in [0.29, 0.717) is 17.8 Å². The van der Waals surface area contributed by atoms with Gasteiger partial charge in [0, 0.05) is 11.9 Å². The minimum Gasteiger partial charge on any atom is -0.421 e. The number of benzene rings is 2. The highest BCUT2D eigenvalue weighted by molar-refractivity contribution is 9.10. The normalized spacial score (nSPS) is 10.7. The van der Waals surface area contributed by atoms with Crippen LogP contribution in [0.4, 0.5) is 5.69 Å². The van der Waals surface area contributed by atoms with E-state index >= 15 is 0 Å². The molecule has 1 heterocycles. The Morgan fingerprint density at radius 1 is 1.00 bits per heavy atom. The molecule has 0 saturated carbocycles. The van der Waals surface area contributed by atoms with E-state index in [9.17, 15) is 4.79 Å². The van der Waals surface area contributed by atoms with Crippen LogP contribution in [-0.2, 0) is 6.54 Å². The fourth-order valence-corrected chi connectivity index (χ4v) is 2.68. The highest BCUT2D eigenvalue weighted by Gasteiger charge is 2.11. The lowest BCUT2D eigenvalue weighted by molar-refractivity contribution is 0.562. The van der Waals surface area contributed by atoms with Crippen LogP contribution in [0.15, 0.2) is 68.3 Å². The molecule has 4 heteroatoms. The van der Waals surface area contributed by atoms with Gasteiger partial charge in [-0.1, -0.05) is 48.5 Å². The van der Waals surface area contributed by atoms with Crippen LogP contribution in [0.2, 0.25) is 0 Å². The number of halogens is 1. The van der Waals surface area contributed by atoms with E-state index in [1.807, 2.05) is 48.5 Å². The Bertz CT molecular complexity index is 796. The van der Waals surface area contributed by atoms with E-state index in [1.165, 1.54) is 0 Å². The van der Waals surface area contributed by atoms with Crippen molar-refractivity contribution in [1.82, 2.24) is 0 Å². The monoisotopic (exact) mass is 329 g/mol. The second kappa shape index (κ2) is 5.51. The first-order valence-electron chi connectivity index (χ1n) is 6.25. The highest BCUT2D eigenvalue weighted by atomic mass is 79.9. The smallest absolute Gasteiger partial charge is 0.361 e. The Morgan fingerprint density at radius 2 is 1.70 bits per heavy atom. The van der Waals surface area contributed by atoms with Crippen molar-refractivity contribution >= 4 is 32.6 Å². The SMILES string of the molecule is O=c1oc2ccccc2c(Br)c1NCc1ccccc1. The molecule has 3 nitrogen and oxygen atoms in total. The van der Waals surface area contributed by atoms with Crippen LogP contribution in [-0.4, -0.2) is 0 Å². The van der Waals surface area contributed by atoms with Gasteiger partial charge in [0.25, 0.3) is 0 Å². The quantitative estimate of drug-likeness (QED) is 0.733. The maximum absolute atomic E-state index is 12.0. The zero-order valence-electron chi connectivity index (χ0n) is 10.6. The van der Waals surface area contributed by atoms with E-state index in [2.05, 4.69) is 21.2 Å². The Hall–Kier alpha value is -2.07. The Kier molecular flexibility index (Phi) is 3.56. The summed E-state index contributed by atoms with van der Waals surface area (Å²) in [7, 11) is 0. The van der Waals surface area contributed by atoms with E-state index in [-0.39, 0.29) is 5.63 Å². The minimum atomic E-state index is -0.369. The predicted octanol–water partition coefficient (Wildman–Crippen LogP) is 4.17. The molecule has 0 aliphatic heterocycles. The number of nitrogens with one attached hydrogen (secondary N) is 1. The summed E-state index contributed by atoms with van der Waals surface area (Å²) in [4.78, 5) is 12.0. The highest BCUT2D eigenvalue weighted by Crippen LogP contribution is 2.28. The molecule has 0 unspecified atom stereocenters. The lowest BCUT2D eigenvalue weighted by Crippen LogP contribution is -2.11.